The zero-order valence-corrected chi connectivity index (χ0v) is 11.7. The Kier molecular flexibility index (Phi) is 2.73. The summed E-state index contributed by atoms with van der Waals surface area (Å²) in [6.45, 7) is 1.25. The molecule has 0 amide bonds. The van der Waals surface area contributed by atoms with Crippen LogP contribution in [0.15, 0.2) is 10.9 Å². The predicted molar refractivity (Wildman–Crippen MR) is 74.7 cm³/mol. The van der Waals surface area contributed by atoms with E-state index in [0.29, 0.717) is 5.41 Å². The molecule has 3 aliphatic carbocycles. The molecule has 2 nitrogen and oxygen atoms in total. The van der Waals surface area contributed by atoms with Gasteiger partial charge in [0.1, 0.15) is 0 Å². The molecule has 3 atom stereocenters. The molecule has 1 aromatic rings. The number of thiazole rings is 1. The van der Waals surface area contributed by atoms with Gasteiger partial charge in [-0.25, -0.2) is 4.98 Å². The lowest BCUT2D eigenvalue weighted by Gasteiger charge is -2.38. The second kappa shape index (κ2) is 4.31. The van der Waals surface area contributed by atoms with E-state index in [1.54, 1.807) is 11.3 Å². The van der Waals surface area contributed by atoms with Gasteiger partial charge in [0.2, 0.25) is 0 Å². The number of nitrogens with one attached hydrogen (secondary N) is 1. The molecule has 0 aliphatic heterocycles. The van der Waals surface area contributed by atoms with E-state index in [1.165, 1.54) is 57.2 Å². The van der Waals surface area contributed by atoms with Crippen LogP contribution in [0.5, 0.6) is 0 Å². The van der Waals surface area contributed by atoms with E-state index in [4.69, 9.17) is 0 Å². The lowest BCUT2D eigenvalue weighted by atomic mass is 9.70. The molecule has 1 heterocycles. The summed E-state index contributed by atoms with van der Waals surface area (Å²) in [5.74, 6) is 1.99. The standard InChI is InChI=1S/C15H22N2S/c1-2-12-5-11(1)6-15(12,9-16-13-3-4-13)7-14-8-18-10-17-14/h8,10-13,16H,1-7,9H2. The van der Waals surface area contributed by atoms with Gasteiger partial charge in [0.25, 0.3) is 0 Å². The highest BCUT2D eigenvalue weighted by atomic mass is 32.1. The van der Waals surface area contributed by atoms with Crippen LogP contribution in [0.4, 0.5) is 0 Å². The van der Waals surface area contributed by atoms with Crippen molar-refractivity contribution in [3.05, 3.63) is 16.6 Å². The molecule has 98 valence electrons. The van der Waals surface area contributed by atoms with E-state index in [9.17, 15) is 0 Å². The summed E-state index contributed by atoms with van der Waals surface area (Å²) in [6.07, 6.45) is 9.94. The number of aromatic nitrogens is 1. The Hall–Kier alpha value is -0.410. The molecular weight excluding hydrogens is 240 g/mol. The van der Waals surface area contributed by atoms with Crippen LogP contribution in [-0.2, 0) is 6.42 Å². The van der Waals surface area contributed by atoms with Crippen LogP contribution in [0.1, 0.15) is 44.2 Å². The zero-order chi connectivity index (χ0) is 12.0. The highest BCUT2D eigenvalue weighted by Gasteiger charge is 2.51. The van der Waals surface area contributed by atoms with Gasteiger partial charge in [-0.3, -0.25) is 0 Å². The second-order valence-corrected chi connectivity index (χ2v) is 7.47. The topological polar surface area (TPSA) is 24.9 Å². The van der Waals surface area contributed by atoms with Gasteiger partial charge in [-0.15, -0.1) is 11.3 Å². The first-order valence-corrected chi connectivity index (χ1v) is 8.39. The minimum Gasteiger partial charge on any atom is -0.313 e. The minimum atomic E-state index is 0.541. The quantitative estimate of drug-likeness (QED) is 0.881. The van der Waals surface area contributed by atoms with Crippen LogP contribution in [0.3, 0.4) is 0 Å². The number of fused-ring (bicyclic) bond motifs is 2. The van der Waals surface area contributed by atoms with Crippen LogP contribution in [0.2, 0.25) is 0 Å². The first-order chi connectivity index (χ1) is 8.84. The molecule has 3 saturated carbocycles. The molecule has 0 saturated heterocycles. The van der Waals surface area contributed by atoms with Crippen molar-refractivity contribution in [1.29, 1.82) is 0 Å². The van der Waals surface area contributed by atoms with E-state index >= 15 is 0 Å². The lowest BCUT2D eigenvalue weighted by molar-refractivity contribution is 0.154. The Bertz CT molecular complexity index is 412. The van der Waals surface area contributed by atoms with Crippen molar-refractivity contribution in [3.8, 4) is 0 Å². The molecule has 1 N–H and O–H groups in total. The Morgan fingerprint density at radius 1 is 1.33 bits per heavy atom. The van der Waals surface area contributed by atoms with E-state index in [1.807, 2.05) is 5.51 Å². The van der Waals surface area contributed by atoms with Gasteiger partial charge in [-0.1, -0.05) is 6.42 Å². The van der Waals surface area contributed by atoms with Crippen LogP contribution in [-0.4, -0.2) is 17.6 Å². The molecule has 0 spiro atoms. The van der Waals surface area contributed by atoms with Crippen molar-refractivity contribution in [2.24, 2.45) is 17.3 Å². The maximum atomic E-state index is 4.54. The van der Waals surface area contributed by atoms with Crippen LogP contribution < -0.4 is 5.32 Å². The largest absolute Gasteiger partial charge is 0.313 e. The lowest BCUT2D eigenvalue weighted by Crippen LogP contribution is -2.41. The Balaban J connectivity index is 1.52. The molecule has 1 aromatic heterocycles. The third-order valence-electron chi connectivity index (χ3n) is 5.44. The van der Waals surface area contributed by atoms with Gasteiger partial charge in [-0.05, 0) is 55.8 Å². The van der Waals surface area contributed by atoms with Crippen molar-refractivity contribution >= 4 is 11.3 Å². The van der Waals surface area contributed by atoms with E-state index in [0.717, 1.165) is 17.9 Å². The van der Waals surface area contributed by atoms with E-state index < -0.39 is 0 Å². The summed E-state index contributed by atoms with van der Waals surface area (Å²) in [6, 6.07) is 0.844. The van der Waals surface area contributed by atoms with E-state index in [-0.39, 0.29) is 0 Å². The summed E-state index contributed by atoms with van der Waals surface area (Å²) < 4.78 is 0. The summed E-state index contributed by atoms with van der Waals surface area (Å²) >= 11 is 1.75. The van der Waals surface area contributed by atoms with Crippen molar-refractivity contribution in [2.45, 2.75) is 51.0 Å². The fourth-order valence-corrected chi connectivity index (χ4v) is 4.93. The maximum Gasteiger partial charge on any atom is 0.0794 e. The van der Waals surface area contributed by atoms with Crippen LogP contribution in [0.25, 0.3) is 0 Å². The molecule has 3 unspecified atom stereocenters. The van der Waals surface area contributed by atoms with Crippen LogP contribution >= 0.6 is 11.3 Å². The number of hydrogen-bond acceptors (Lipinski definition) is 3. The molecule has 3 heteroatoms. The molecule has 0 radical (unpaired) electrons. The van der Waals surface area contributed by atoms with Gasteiger partial charge in [0.05, 0.1) is 11.2 Å². The van der Waals surface area contributed by atoms with Gasteiger partial charge >= 0.3 is 0 Å². The molecule has 4 rings (SSSR count). The van der Waals surface area contributed by atoms with Crippen molar-refractivity contribution in [1.82, 2.24) is 10.3 Å². The molecule has 3 fully saturated rings. The highest BCUT2D eigenvalue weighted by Crippen LogP contribution is 2.57. The number of nitrogens with zero attached hydrogens (tertiary/aromatic N) is 1. The van der Waals surface area contributed by atoms with Gasteiger partial charge in [0.15, 0.2) is 0 Å². The summed E-state index contributed by atoms with van der Waals surface area (Å²) in [4.78, 5) is 4.54. The Morgan fingerprint density at radius 3 is 2.89 bits per heavy atom. The van der Waals surface area contributed by atoms with Gasteiger partial charge in [0, 0.05) is 18.0 Å². The number of hydrogen-bond donors (Lipinski definition) is 1. The first kappa shape index (κ1) is 11.4. The third-order valence-corrected chi connectivity index (χ3v) is 6.07. The molecule has 2 bridgehead atoms. The average molecular weight is 262 g/mol. The fourth-order valence-electron chi connectivity index (χ4n) is 4.37. The SMILES string of the molecule is c1nc(CC2(CNC3CC3)CC3CCC2C3)cs1. The second-order valence-electron chi connectivity index (χ2n) is 6.75. The minimum absolute atomic E-state index is 0.541. The molecule has 3 aliphatic rings. The summed E-state index contributed by atoms with van der Waals surface area (Å²) in [5, 5.41) is 6.07. The highest BCUT2D eigenvalue weighted by molar-refractivity contribution is 7.07. The van der Waals surface area contributed by atoms with Crippen molar-refractivity contribution < 1.29 is 0 Å². The van der Waals surface area contributed by atoms with Crippen molar-refractivity contribution in [3.63, 3.8) is 0 Å². The average Bonchev–Trinajstić information content (AvgIpc) is 2.80. The third kappa shape index (κ3) is 2.01. The van der Waals surface area contributed by atoms with Crippen LogP contribution in [0, 0.1) is 17.3 Å². The summed E-state index contributed by atoms with van der Waals surface area (Å²) in [5.41, 5.74) is 3.87. The molecule has 0 aromatic carbocycles. The molecular formula is C15H22N2S. The maximum absolute atomic E-state index is 4.54. The van der Waals surface area contributed by atoms with Crippen molar-refractivity contribution in [2.75, 3.05) is 6.54 Å². The normalized spacial score (nSPS) is 38.4. The monoisotopic (exact) mass is 262 g/mol. The smallest absolute Gasteiger partial charge is 0.0794 e. The fraction of sp³-hybridized carbons (Fsp3) is 0.800. The number of rotatable bonds is 5. The first-order valence-electron chi connectivity index (χ1n) is 7.44. The zero-order valence-electron chi connectivity index (χ0n) is 10.9. The predicted octanol–water partition coefficient (Wildman–Crippen LogP) is 3.24. The Morgan fingerprint density at radius 2 is 2.28 bits per heavy atom. The Labute approximate surface area is 113 Å². The summed E-state index contributed by atoms with van der Waals surface area (Å²) in [7, 11) is 0. The van der Waals surface area contributed by atoms with E-state index in [2.05, 4.69) is 15.7 Å². The van der Waals surface area contributed by atoms with Gasteiger partial charge in [-0.2, -0.15) is 0 Å². The van der Waals surface area contributed by atoms with Gasteiger partial charge < -0.3 is 5.32 Å². The molecule has 18 heavy (non-hydrogen) atoms.